The molecule has 33 atom stereocenters. The number of nitrogens with one attached hydrogen (secondary N) is 2. The zero-order chi connectivity index (χ0) is 109. The number of aliphatic hydroxyl groups is 24. The number of nitrogens with two attached hydrogens (primary N) is 3. The molecule has 842 valence electrons. The summed E-state index contributed by atoms with van der Waals surface area (Å²) in [5.74, 6) is 0.723. The number of ketones is 6. The Labute approximate surface area is 883 Å². The van der Waals surface area contributed by atoms with Crippen molar-refractivity contribution >= 4 is 56.6 Å². The van der Waals surface area contributed by atoms with Crippen LogP contribution in [0.1, 0.15) is 164 Å². The molecule has 51 nitrogen and oxygen atoms in total. The number of carbonyl (C=O) groups excluding carboxylic acids is 6. The largest absolute Gasteiger partial charge is 1.00 e. The Morgan fingerprint density at radius 2 is 0.689 bits per heavy atom. The van der Waals surface area contributed by atoms with E-state index in [1.807, 2.05) is 44.2 Å². The number of H-pyrrole nitrogens is 2. The molecule has 148 heavy (non-hydrogen) atoms. The average molecular weight is 2170 g/mol. The van der Waals surface area contributed by atoms with E-state index in [0.717, 1.165) is 41.9 Å². The minimum Gasteiger partial charge on any atom is -0.744 e. The molecule has 0 aliphatic carbocycles. The van der Waals surface area contributed by atoms with Gasteiger partial charge in [-0.15, -0.1) is 11.8 Å². The SMILES string of the molecule is CC(C)C(=O)CCCCSC1OC(CO)C(O)C(O)C1O.C[C@@H](N)C(=O)CCCCOC1OC(CO)C(O)C(O)C1O.N[C@H](Cc1ccccc1)C(=O)CCCCOC1OC(CO)C(O)C(O)C1O.N[C@H](Cc1cnc[nH]1)C(=O)CCCCOC1OC(CO)C(O)C(O)C1O.O=C(CCCCOC1OC(CO)C(O)C(O)C1O)Cc1cnc[nH]1.O=C(CCCCOC1OC(CO)C(O)C(O)C1O)c1ccc(S(=O)(=O)[O-])cc1.[Na+]. The summed E-state index contributed by atoms with van der Waals surface area (Å²) in [7, 11) is -4.56. The minimum atomic E-state index is -4.56. The van der Waals surface area contributed by atoms with E-state index in [2.05, 4.69) is 19.9 Å². The maximum atomic E-state index is 12.1. The number of Topliss-reactive ketones (excluding diaryl/α,β-unsaturated/α-hetero) is 6. The molecule has 54 heteroatoms. The van der Waals surface area contributed by atoms with Crippen molar-refractivity contribution in [3.05, 3.63) is 102 Å². The number of hydrogen-bond acceptors (Lipinski definition) is 50. The molecule has 0 spiro atoms. The van der Waals surface area contributed by atoms with E-state index in [9.17, 15) is 134 Å². The maximum Gasteiger partial charge on any atom is 1.00 e. The summed E-state index contributed by atoms with van der Waals surface area (Å²) in [5, 5.41) is 229. The smallest absolute Gasteiger partial charge is 0.744 e. The van der Waals surface area contributed by atoms with Crippen LogP contribution in [0.4, 0.5) is 0 Å². The molecule has 10 rings (SSSR count). The van der Waals surface area contributed by atoms with E-state index in [1.165, 1.54) is 36.5 Å². The maximum absolute atomic E-state index is 12.1. The van der Waals surface area contributed by atoms with Crippen LogP contribution in [0, 0.1) is 5.92 Å². The number of carbonyl (C=O) groups is 6. The second-order valence-corrected chi connectivity index (χ2v) is 38.9. The van der Waals surface area contributed by atoms with Crippen LogP contribution in [0.5, 0.6) is 0 Å². The molecule has 8 heterocycles. The minimum absolute atomic E-state index is 0. The number of imidazole rings is 2. The molecule has 0 bridgehead atoms. The fraction of sp³-hybridized carbons (Fsp3) is 0.745. The second-order valence-electron chi connectivity index (χ2n) is 36.3. The fourth-order valence-electron chi connectivity index (χ4n) is 15.1. The van der Waals surface area contributed by atoms with Crippen molar-refractivity contribution in [3.63, 3.8) is 0 Å². The first-order valence-corrected chi connectivity index (χ1v) is 51.3. The van der Waals surface area contributed by atoms with Crippen molar-refractivity contribution in [3.8, 4) is 0 Å². The Morgan fingerprint density at radius 3 is 1.02 bits per heavy atom. The van der Waals surface area contributed by atoms with Gasteiger partial charge in [-0.2, -0.15) is 0 Å². The summed E-state index contributed by atoms with van der Waals surface area (Å²) >= 11 is 1.32. The molecule has 0 radical (unpaired) electrons. The van der Waals surface area contributed by atoms with Crippen LogP contribution in [0.15, 0.2) is 84.5 Å². The van der Waals surface area contributed by atoms with Gasteiger partial charge in [-0.1, -0.05) is 56.3 Å². The van der Waals surface area contributed by atoms with Crippen LogP contribution in [0.3, 0.4) is 0 Å². The van der Waals surface area contributed by atoms with Gasteiger partial charge in [0.15, 0.2) is 37.2 Å². The number of aromatic nitrogens is 4. The Kier molecular flexibility index (Phi) is 65.4. The summed E-state index contributed by atoms with van der Waals surface area (Å²) < 4.78 is 90.7. The molecule has 6 fully saturated rings. The van der Waals surface area contributed by atoms with Crippen LogP contribution >= 0.6 is 11.8 Å². The normalized spacial score (nSPS) is 30.6. The summed E-state index contributed by atoms with van der Waals surface area (Å²) in [6.07, 6.45) is -20.4. The molecule has 2 aromatic carbocycles. The number of benzene rings is 2. The zero-order valence-electron chi connectivity index (χ0n) is 83.3. The molecule has 0 amide bonds. The first kappa shape index (κ1) is 135. The molecule has 2 aromatic heterocycles. The van der Waals surface area contributed by atoms with Crippen molar-refractivity contribution < 1.29 is 246 Å². The van der Waals surface area contributed by atoms with Crippen molar-refractivity contribution in [2.24, 2.45) is 23.1 Å². The third-order valence-electron chi connectivity index (χ3n) is 24.4. The number of aromatic amines is 2. The molecule has 0 saturated carbocycles. The van der Waals surface area contributed by atoms with E-state index in [-0.39, 0.29) is 115 Å². The third-order valence-corrected chi connectivity index (χ3v) is 26.5. The van der Waals surface area contributed by atoms with Crippen molar-refractivity contribution in [1.29, 1.82) is 0 Å². The monoisotopic (exact) mass is 2170 g/mol. The van der Waals surface area contributed by atoms with Crippen molar-refractivity contribution in [2.75, 3.05) is 78.4 Å². The van der Waals surface area contributed by atoms with Gasteiger partial charge in [-0.05, 0) is 114 Å². The van der Waals surface area contributed by atoms with Gasteiger partial charge >= 0.3 is 29.6 Å². The number of nitrogens with zero attached hydrogens (tertiary/aromatic N) is 2. The summed E-state index contributed by atoms with van der Waals surface area (Å²) in [6.45, 7) is 3.36. The van der Waals surface area contributed by atoms with Gasteiger partial charge in [0.2, 0.25) is 0 Å². The first-order chi connectivity index (χ1) is 69.8. The standard InChI is InChI=1S/C19H29NO7.C17H24O10S.C16H27N3O7.C15H24N2O7.C14H26O6S.C13H25NO7.Na/c20-13(10-12-6-2-1-3-7-12)14(22)8-4-5-9-26-19-18(25)17(24)16(23)15(11-21)27-19;18-9-13-14(20)15(21)16(22)17(27-13)26-8-2-1-3-12(19)10-4-6-11(7-5-10)28(23,24)25;17-10(5-9-6-18-8-19-9)11(21)3-1-2-4-25-16-15(24)14(23)13(22)12(7-20)26-16;18-7-11-12(20)13(21)14(22)15(24-11)23-4-2-1-3-10(19)5-9-6-16-8-17-9;1-8(2)9(16)5-3-4-6-21-14-13(19)12(18)11(17)10(7-15)20-14;1-7(14)8(16)4-2-3-5-20-13-12(19)11(18)10(17)9(6-15)21-13;/h1-3,6-7,13,15-19,21,23-25H,4-5,8-11,20H2;4-7,13-18,20-22H,1-3,8-9H2,(H,23,24,25);6,8,10,12-16,20,22-24H,1-5,7,17H2,(H,18,19);6,8,11-15,18,20-22H,1-5,7H2,(H,16,17);8,10-15,17-19H,3-7H2,1-2H3;7,9-13,15,17-19H,2-6,14H2,1H3;/q;;;;;;+1/p-1/t13-,15?,16?,17?,18?,19?;;10-,12?,13?,14?,15?,16?;;;7-,9?,10?,11?,12?,13?;/m1.1..1./s1. The fourth-order valence-corrected chi connectivity index (χ4v) is 16.7. The molecule has 30 unspecified atom stereocenters. The summed E-state index contributed by atoms with van der Waals surface area (Å²) in [6, 6.07) is 12.7. The molecule has 32 N–H and O–H groups in total. The molecule has 6 saturated heterocycles. The van der Waals surface area contributed by atoms with Gasteiger partial charge in [-0.3, -0.25) is 28.8 Å². The van der Waals surface area contributed by atoms with E-state index in [4.69, 9.17) is 99.9 Å². The molecule has 4 aromatic rings. The molecular weight excluding hydrogens is 2020 g/mol. The topological polar surface area (TPSA) is 882 Å². The van der Waals surface area contributed by atoms with Gasteiger partial charge in [0.1, 0.15) is 191 Å². The van der Waals surface area contributed by atoms with Gasteiger partial charge in [-0.25, -0.2) is 18.4 Å². The van der Waals surface area contributed by atoms with Crippen molar-refractivity contribution in [2.45, 2.75) is 362 Å². The summed E-state index contributed by atoms with van der Waals surface area (Å²) in [4.78, 5) is 83.8. The predicted molar refractivity (Wildman–Crippen MR) is 511 cm³/mol. The van der Waals surface area contributed by atoms with Crippen LogP contribution < -0.4 is 46.8 Å². The van der Waals surface area contributed by atoms with E-state index >= 15 is 0 Å². The molecule has 6 aliphatic rings. The van der Waals surface area contributed by atoms with Crippen molar-refractivity contribution in [1.82, 2.24) is 19.9 Å². The molecular formula is C94H154N7NaO44S2. The number of ether oxygens (including phenoxy) is 11. The van der Waals surface area contributed by atoms with Crippen LogP contribution in [-0.2, 0) is 105 Å². The van der Waals surface area contributed by atoms with Gasteiger partial charge in [0.05, 0.1) is 75.3 Å². The third kappa shape index (κ3) is 45.8. The van der Waals surface area contributed by atoms with E-state index < -0.39 is 256 Å². The number of thioether (sulfide) groups is 1. The number of aliphatic hydroxyl groups excluding tert-OH is 24. The van der Waals surface area contributed by atoms with Crippen LogP contribution in [0.25, 0.3) is 0 Å². The van der Waals surface area contributed by atoms with Gasteiger partial charge in [0.25, 0.3) is 0 Å². The quantitative estimate of drug-likeness (QED) is 0.00845. The Balaban J connectivity index is 0.000000370. The second kappa shape index (κ2) is 71.7. The first-order valence-electron chi connectivity index (χ1n) is 48.8. The van der Waals surface area contributed by atoms with Gasteiger partial charge in [0, 0.05) is 120 Å². The summed E-state index contributed by atoms with van der Waals surface area (Å²) in [5.41, 5.74) is 19.4. The Bertz CT molecular complexity index is 4320. The number of hydrogen-bond donors (Lipinski definition) is 29. The Hall–Kier alpha value is -5.38. The number of unbranched alkanes of at least 4 members (excludes halogenated alkanes) is 6. The number of rotatable bonds is 54. The Morgan fingerprint density at radius 1 is 0.378 bits per heavy atom. The molecule has 6 aliphatic heterocycles. The average Bonchev–Trinajstić information content (AvgIpc) is 0.919. The van der Waals surface area contributed by atoms with Gasteiger partial charge < -0.3 is 206 Å². The zero-order valence-corrected chi connectivity index (χ0v) is 86.9. The van der Waals surface area contributed by atoms with E-state index in [0.29, 0.717) is 121 Å². The van der Waals surface area contributed by atoms with E-state index in [1.54, 1.807) is 19.3 Å². The van der Waals surface area contributed by atoms with Crippen LogP contribution in [-0.4, -0.2) is 470 Å². The van der Waals surface area contributed by atoms with Crippen LogP contribution in [0.2, 0.25) is 0 Å². The predicted octanol–water partition coefficient (Wildman–Crippen LogP) is -11.0.